The highest BCUT2D eigenvalue weighted by Crippen LogP contribution is 1.96. The van der Waals surface area contributed by atoms with Crippen molar-refractivity contribution in [3.63, 3.8) is 0 Å². The number of nitrogens with zero attached hydrogens (tertiary/aromatic N) is 2. The van der Waals surface area contributed by atoms with Gasteiger partial charge < -0.3 is 18.1 Å². The summed E-state index contributed by atoms with van der Waals surface area (Å²) in [7, 11) is 3.90. The first-order valence-electron chi connectivity index (χ1n) is 7.55. The zero-order valence-electron chi connectivity index (χ0n) is 15.2. The van der Waals surface area contributed by atoms with Gasteiger partial charge in [-0.2, -0.15) is 0 Å². The minimum absolute atomic E-state index is 1.16. The first-order valence-corrected chi connectivity index (χ1v) is 8.88. The normalized spacial score (nSPS) is 11.9. The van der Waals surface area contributed by atoms with Crippen LogP contribution in [0.2, 0.25) is 0 Å². The van der Waals surface area contributed by atoms with E-state index in [0.29, 0.717) is 0 Å². The summed E-state index contributed by atoms with van der Waals surface area (Å²) in [6, 6.07) is 0. The lowest BCUT2D eigenvalue weighted by Crippen LogP contribution is -2.39. The molecule has 0 amide bonds. The molecule has 0 heterocycles. The summed E-state index contributed by atoms with van der Waals surface area (Å²) in [5, 5.41) is 0. The van der Waals surface area contributed by atoms with Crippen molar-refractivity contribution < 1.29 is 26.5 Å². The van der Waals surface area contributed by atoms with Crippen molar-refractivity contribution in [2.45, 2.75) is 40.5 Å². The third-order valence-electron chi connectivity index (χ3n) is 3.37. The molecule has 0 aromatic rings. The second-order valence-electron chi connectivity index (χ2n) is 6.36. The summed E-state index contributed by atoms with van der Waals surface area (Å²) >= 11 is 0. The summed E-state index contributed by atoms with van der Waals surface area (Å²) in [4.78, 5) is 0. The maximum Gasteiger partial charge on any atom is 0.0779 e. The van der Waals surface area contributed by atoms with E-state index in [9.17, 15) is 0 Å². The molecule has 0 aromatic heterocycles. The van der Waals surface area contributed by atoms with Crippen LogP contribution in [0.5, 0.6) is 0 Å². The van der Waals surface area contributed by atoms with Crippen LogP contribution in [0.1, 0.15) is 40.5 Å². The van der Waals surface area contributed by atoms with Crippen LogP contribution in [0.15, 0.2) is 0 Å². The molecule has 0 atom stereocenters. The first kappa shape index (κ1) is 25.7. The fraction of sp³-hybridized carbons (Fsp3) is 1.00. The Morgan fingerprint density at radius 1 is 0.714 bits per heavy atom. The maximum atomic E-state index is 8.52. The molecule has 0 aromatic carbocycles. The van der Waals surface area contributed by atoms with Gasteiger partial charge in [-0.25, -0.2) is 0 Å². The van der Waals surface area contributed by atoms with Gasteiger partial charge >= 0.3 is 0 Å². The Bertz CT molecular complexity index is 302. The lowest BCUT2D eigenvalue weighted by Gasteiger charge is -2.27. The van der Waals surface area contributed by atoms with Gasteiger partial charge in [0.2, 0.25) is 0 Å². The van der Waals surface area contributed by atoms with Gasteiger partial charge in [0.25, 0.3) is 0 Å². The highest BCUT2D eigenvalue weighted by atomic mass is 32.3. The van der Waals surface area contributed by atoms with Gasteiger partial charge in [0.15, 0.2) is 0 Å². The average molecular weight is 329 g/mol. The van der Waals surface area contributed by atoms with E-state index in [1.807, 2.05) is 0 Å². The van der Waals surface area contributed by atoms with Crippen LogP contribution < -0.4 is 0 Å². The largest absolute Gasteiger partial charge is 0.759 e. The Kier molecular flexibility index (Phi) is 15.1. The van der Waals surface area contributed by atoms with E-state index < -0.39 is 10.4 Å². The second kappa shape index (κ2) is 12.3. The third-order valence-corrected chi connectivity index (χ3v) is 3.37. The molecule has 21 heavy (non-hydrogen) atoms. The Morgan fingerprint density at radius 3 is 0.952 bits per heavy atom. The highest BCUT2D eigenvalue weighted by Gasteiger charge is 2.08. The molecule has 0 aliphatic heterocycles. The maximum absolute atomic E-state index is 8.52. The summed E-state index contributed by atoms with van der Waals surface area (Å²) in [5.41, 5.74) is 0. The van der Waals surface area contributed by atoms with Gasteiger partial charge in [0, 0.05) is 10.4 Å². The molecule has 0 unspecified atom stereocenters. The molecule has 0 aliphatic rings. The molecule has 0 rings (SSSR count). The molecular weight excluding hydrogens is 292 g/mol. The number of quaternary nitrogens is 2. The van der Waals surface area contributed by atoms with Gasteiger partial charge in [0.05, 0.1) is 54.4 Å². The van der Waals surface area contributed by atoms with Crippen molar-refractivity contribution in [1.82, 2.24) is 0 Å². The van der Waals surface area contributed by atoms with E-state index in [2.05, 4.69) is 55.9 Å². The Balaban J connectivity index is -0.000000239. The molecule has 6 nitrogen and oxygen atoms in total. The third kappa shape index (κ3) is 32.9. The number of hydrogen-bond acceptors (Lipinski definition) is 4. The minimum atomic E-state index is -5.17. The molecule has 0 saturated heterocycles. The quantitative estimate of drug-likeness (QED) is 0.422. The van der Waals surface area contributed by atoms with Gasteiger partial charge in [0.1, 0.15) is 0 Å². The van der Waals surface area contributed by atoms with Gasteiger partial charge in [-0.15, -0.1) is 0 Å². The van der Waals surface area contributed by atoms with Crippen LogP contribution in [0.4, 0.5) is 0 Å². The lowest BCUT2D eigenvalue weighted by atomic mass is 10.4. The van der Waals surface area contributed by atoms with Crippen molar-refractivity contribution in [2.24, 2.45) is 0 Å². The molecule has 7 heteroatoms. The van der Waals surface area contributed by atoms with E-state index in [1.54, 1.807) is 0 Å². The summed E-state index contributed by atoms with van der Waals surface area (Å²) in [6.07, 6.45) is 2.58. The predicted octanol–water partition coefficient (Wildman–Crippen LogP) is 1.65. The molecule has 0 aliphatic carbocycles. The van der Waals surface area contributed by atoms with Gasteiger partial charge in [-0.05, 0) is 26.7 Å². The fourth-order valence-electron chi connectivity index (χ4n) is 1.53. The van der Waals surface area contributed by atoms with E-state index in [-0.39, 0.29) is 0 Å². The predicted molar refractivity (Wildman–Crippen MR) is 86.1 cm³/mol. The smallest absolute Gasteiger partial charge is 0.0779 e. The zero-order valence-corrected chi connectivity index (χ0v) is 16.0. The second-order valence-corrected chi connectivity index (χ2v) is 7.18. The van der Waals surface area contributed by atoms with E-state index in [4.69, 9.17) is 17.5 Å². The summed E-state index contributed by atoms with van der Waals surface area (Å²) < 4.78 is 36.4. The summed E-state index contributed by atoms with van der Waals surface area (Å²) in [6.45, 7) is 14.0. The molecule has 0 saturated carbocycles. The first-order chi connectivity index (χ1) is 9.24. The van der Waals surface area contributed by atoms with Crippen molar-refractivity contribution in [1.29, 1.82) is 0 Å². The molecule has 0 spiro atoms. The zero-order chi connectivity index (χ0) is 17.7. The molecular formula is C14H36N2O4S. The van der Waals surface area contributed by atoms with Crippen molar-refractivity contribution in [3.8, 4) is 0 Å². The van der Waals surface area contributed by atoms with Crippen LogP contribution in [0.3, 0.4) is 0 Å². The number of rotatable bonds is 6. The van der Waals surface area contributed by atoms with Crippen LogP contribution in [-0.2, 0) is 10.4 Å². The molecule has 132 valence electrons. The molecule has 0 N–H and O–H groups in total. The highest BCUT2D eigenvalue weighted by molar-refractivity contribution is 7.79. The SMILES string of the molecule is CCC[N+](C)(C)CC.CCC[N+](C)(C)CC.O=S(=O)([O-])[O-]. The van der Waals surface area contributed by atoms with Gasteiger partial charge in [-0.3, -0.25) is 8.42 Å². The Labute approximate surface area is 132 Å². The van der Waals surface area contributed by atoms with Crippen molar-refractivity contribution in [2.75, 3.05) is 54.4 Å². The van der Waals surface area contributed by atoms with Crippen LogP contribution in [0, 0.1) is 0 Å². The molecule has 0 bridgehead atoms. The fourth-order valence-corrected chi connectivity index (χ4v) is 1.53. The van der Waals surface area contributed by atoms with Crippen molar-refractivity contribution in [3.05, 3.63) is 0 Å². The monoisotopic (exact) mass is 328 g/mol. The molecule has 0 fully saturated rings. The van der Waals surface area contributed by atoms with Crippen molar-refractivity contribution >= 4 is 10.4 Å². The Hall–Kier alpha value is -0.210. The van der Waals surface area contributed by atoms with Crippen LogP contribution in [0.25, 0.3) is 0 Å². The average Bonchev–Trinajstić information content (AvgIpc) is 2.28. The minimum Gasteiger partial charge on any atom is -0.759 e. The lowest BCUT2D eigenvalue weighted by molar-refractivity contribution is -0.888. The molecule has 0 radical (unpaired) electrons. The number of hydrogen-bond donors (Lipinski definition) is 0. The Morgan fingerprint density at radius 2 is 0.905 bits per heavy atom. The van der Waals surface area contributed by atoms with E-state index in [1.165, 1.54) is 39.0 Å². The van der Waals surface area contributed by atoms with Gasteiger partial charge in [-0.1, -0.05) is 13.8 Å². The van der Waals surface area contributed by atoms with E-state index in [0.717, 1.165) is 8.97 Å². The topological polar surface area (TPSA) is 80.3 Å². The summed E-state index contributed by atoms with van der Waals surface area (Å²) in [5.74, 6) is 0. The van der Waals surface area contributed by atoms with E-state index >= 15 is 0 Å². The van der Waals surface area contributed by atoms with Crippen LogP contribution >= 0.6 is 0 Å². The standard InChI is InChI=1S/2C7H18N.H2O4S/c2*1-5-7-8(3,4)6-2;1-5(2,3)4/h2*5-7H2,1-4H3;(H2,1,2,3,4)/q2*+1;/p-2. The van der Waals surface area contributed by atoms with Crippen LogP contribution in [-0.4, -0.2) is 80.9 Å².